The van der Waals surface area contributed by atoms with Crippen LogP contribution in [0.3, 0.4) is 0 Å². The van der Waals surface area contributed by atoms with E-state index in [-0.39, 0.29) is 0 Å². The summed E-state index contributed by atoms with van der Waals surface area (Å²) in [6, 6.07) is 8.32. The number of aromatic amines is 1. The standard InChI is InChI=1S/C13H10N2/c1-2-4-11-7-8-13-12(9-14-15-13)6-5-10(11)3-1/h1-9H,(H,14,15). The number of fused-ring (bicyclic) bond motifs is 2. The molecule has 72 valence electrons. The lowest BCUT2D eigenvalue weighted by atomic mass is 10.0. The largest absolute Gasteiger partial charge is 0.278 e. The number of nitrogens with one attached hydrogen (secondary N) is 1. The van der Waals surface area contributed by atoms with Gasteiger partial charge >= 0.3 is 0 Å². The molecule has 0 fully saturated rings. The molecule has 15 heavy (non-hydrogen) atoms. The molecule has 0 aliphatic heterocycles. The molecule has 1 N–H and O–H groups in total. The molecule has 1 aromatic heterocycles. The van der Waals surface area contributed by atoms with Crippen molar-refractivity contribution in [1.29, 1.82) is 0 Å². The molecule has 0 spiro atoms. The van der Waals surface area contributed by atoms with Gasteiger partial charge in [0.1, 0.15) is 0 Å². The minimum atomic E-state index is 1.06. The van der Waals surface area contributed by atoms with E-state index in [1.165, 1.54) is 11.1 Å². The zero-order valence-electron chi connectivity index (χ0n) is 8.14. The van der Waals surface area contributed by atoms with Crippen molar-refractivity contribution in [2.75, 3.05) is 0 Å². The Labute approximate surface area is 88.0 Å². The Morgan fingerprint density at radius 2 is 1.47 bits per heavy atom. The monoisotopic (exact) mass is 194 g/mol. The van der Waals surface area contributed by atoms with Gasteiger partial charge in [0, 0.05) is 5.56 Å². The highest BCUT2D eigenvalue weighted by Gasteiger charge is 2.02. The Balaban J connectivity index is 2.19. The van der Waals surface area contributed by atoms with Gasteiger partial charge in [-0.3, -0.25) is 5.10 Å². The minimum Gasteiger partial charge on any atom is -0.278 e. The molecule has 1 aromatic carbocycles. The Bertz CT molecular complexity index is 500. The van der Waals surface area contributed by atoms with Gasteiger partial charge in [0.25, 0.3) is 0 Å². The molecule has 2 nitrogen and oxygen atoms in total. The fourth-order valence-electron chi connectivity index (χ4n) is 1.74. The van der Waals surface area contributed by atoms with Gasteiger partial charge in [-0.05, 0) is 17.2 Å². The summed E-state index contributed by atoms with van der Waals surface area (Å²) >= 11 is 0. The van der Waals surface area contributed by atoms with Crippen LogP contribution in [0.4, 0.5) is 0 Å². The molecule has 1 aliphatic carbocycles. The van der Waals surface area contributed by atoms with Gasteiger partial charge in [-0.2, -0.15) is 5.10 Å². The number of H-pyrrole nitrogens is 1. The lowest BCUT2D eigenvalue weighted by Crippen LogP contribution is -1.83. The van der Waals surface area contributed by atoms with Crippen LogP contribution >= 0.6 is 0 Å². The van der Waals surface area contributed by atoms with Crippen LogP contribution in [0.1, 0.15) is 22.4 Å². The van der Waals surface area contributed by atoms with E-state index in [1.54, 1.807) is 0 Å². The zero-order chi connectivity index (χ0) is 10.1. The Morgan fingerprint density at radius 3 is 2.27 bits per heavy atom. The van der Waals surface area contributed by atoms with Gasteiger partial charge in [0.2, 0.25) is 0 Å². The van der Waals surface area contributed by atoms with Crippen LogP contribution in [0.15, 0.2) is 30.5 Å². The molecule has 2 heteroatoms. The number of aromatic nitrogens is 2. The van der Waals surface area contributed by atoms with Gasteiger partial charge in [0.15, 0.2) is 0 Å². The maximum atomic E-state index is 4.02. The molecule has 0 bridgehead atoms. The summed E-state index contributed by atoms with van der Waals surface area (Å²) in [7, 11) is 0. The molecule has 1 heterocycles. The highest BCUT2D eigenvalue weighted by atomic mass is 15.1. The topological polar surface area (TPSA) is 28.7 Å². The maximum absolute atomic E-state index is 4.02. The molecule has 0 amide bonds. The molecule has 0 radical (unpaired) electrons. The lowest BCUT2D eigenvalue weighted by Gasteiger charge is -2.03. The quantitative estimate of drug-likeness (QED) is 0.585. The van der Waals surface area contributed by atoms with Gasteiger partial charge in [-0.15, -0.1) is 0 Å². The predicted molar refractivity (Wildman–Crippen MR) is 62.9 cm³/mol. The summed E-state index contributed by atoms with van der Waals surface area (Å²) in [6.45, 7) is 0. The number of benzene rings is 1. The molecule has 2 aromatic rings. The molecule has 0 saturated heterocycles. The number of hydrogen-bond acceptors (Lipinski definition) is 1. The van der Waals surface area contributed by atoms with Gasteiger partial charge in [0.05, 0.1) is 11.9 Å². The third kappa shape index (κ3) is 1.40. The fraction of sp³-hybridized carbons (Fsp3) is 0. The second kappa shape index (κ2) is 3.24. The molecule has 0 unspecified atom stereocenters. The van der Waals surface area contributed by atoms with Crippen LogP contribution in [-0.2, 0) is 0 Å². The van der Waals surface area contributed by atoms with Crippen LogP contribution in [0.5, 0.6) is 0 Å². The van der Waals surface area contributed by atoms with Crippen molar-refractivity contribution in [3.63, 3.8) is 0 Å². The van der Waals surface area contributed by atoms with Gasteiger partial charge in [-0.25, -0.2) is 0 Å². The first kappa shape index (κ1) is 8.24. The van der Waals surface area contributed by atoms with Crippen LogP contribution in [0, 0.1) is 0 Å². The summed E-state index contributed by atoms with van der Waals surface area (Å²) in [6.07, 6.45) is 10.2. The molecule has 1 aliphatic rings. The summed E-state index contributed by atoms with van der Waals surface area (Å²) < 4.78 is 0. The average molecular weight is 194 g/mol. The first-order chi connectivity index (χ1) is 7.43. The van der Waals surface area contributed by atoms with Crippen LogP contribution in [-0.4, -0.2) is 10.2 Å². The number of nitrogens with zero attached hydrogens (tertiary/aromatic N) is 1. The van der Waals surface area contributed by atoms with E-state index < -0.39 is 0 Å². The lowest BCUT2D eigenvalue weighted by molar-refractivity contribution is 1.08. The van der Waals surface area contributed by atoms with Crippen LogP contribution in [0.2, 0.25) is 0 Å². The maximum Gasteiger partial charge on any atom is 0.0650 e. The molecule has 0 atom stereocenters. The average Bonchev–Trinajstić information content (AvgIpc) is 2.68. The third-order valence-electron chi connectivity index (χ3n) is 2.57. The Kier molecular flexibility index (Phi) is 1.78. The zero-order valence-corrected chi connectivity index (χ0v) is 8.14. The predicted octanol–water partition coefficient (Wildman–Crippen LogP) is 3.06. The molecular formula is C13H10N2. The van der Waals surface area contributed by atoms with E-state index >= 15 is 0 Å². The second-order valence-electron chi connectivity index (χ2n) is 3.53. The van der Waals surface area contributed by atoms with Crippen molar-refractivity contribution in [2.45, 2.75) is 0 Å². The van der Waals surface area contributed by atoms with Crippen molar-refractivity contribution in [3.8, 4) is 0 Å². The minimum absolute atomic E-state index is 1.06. The summed E-state index contributed by atoms with van der Waals surface area (Å²) in [5, 5.41) is 6.99. The number of hydrogen-bond donors (Lipinski definition) is 1. The van der Waals surface area contributed by atoms with Gasteiger partial charge in [-0.1, -0.05) is 42.5 Å². The fourth-order valence-corrected chi connectivity index (χ4v) is 1.74. The van der Waals surface area contributed by atoms with E-state index in [0.29, 0.717) is 0 Å². The molecule has 0 saturated carbocycles. The highest BCUT2D eigenvalue weighted by molar-refractivity contribution is 5.84. The van der Waals surface area contributed by atoms with E-state index in [2.05, 4.69) is 52.7 Å². The number of rotatable bonds is 0. The molecular weight excluding hydrogens is 184 g/mol. The van der Waals surface area contributed by atoms with Crippen molar-refractivity contribution < 1.29 is 0 Å². The van der Waals surface area contributed by atoms with E-state index in [0.717, 1.165) is 11.3 Å². The van der Waals surface area contributed by atoms with Crippen molar-refractivity contribution in [3.05, 3.63) is 52.8 Å². The van der Waals surface area contributed by atoms with Crippen molar-refractivity contribution in [1.82, 2.24) is 10.2 Å². The molecule has 3 rings (SSSR count). The van der Waals surface area contributed by atoms with Crippen LogP contribution < -0.4 is 0 Å². The van der Waals surface area contributed by atoms with Crippen LogP contribution in [0.25, 0.3) is 24.3 Å². The van der Waals surface area contributed by atoms with E-state index in [1.807, 2.05) is 12.3 Å². The third-order valence-corrected chi connectivity index (χ3v) is 2.57. The van der Waals surface area contributed by atoms with Crippen molar-refractivity contribution >= 4 is 24.3 Å². The first-order valence-electron chi connectivity index (χ1n) is 4.92. The summed E-state index contributed by atoms with van der Waals surface area (Å²) in [4.78, 5) is 0. The normalized spacial score (nSPS) is 17.1. The SMILES string of the molecule is C1=C\c2cn[nH]c2/C=C\c2ccccc2/1. The summed E-state index contributed by atoms with van der Waals surface area (Å²) in [5.74, 6) is 0. The second-order valence-corrected chi connectivity index (χ2v) is 3.53. The summed E-state index contributed by atoms with van der Waals surface area (Å²) in [5.41, 5.74) is 4.65. The Morgan fingerprint density at radius 1 is 0.800 bits per heavy atom. The van der Waals surface area contributed by atoms with Crippen molar-refractivity contribution in [2.24, 2.45) is 0 Å². The smallest absolute Gasteiger partial charge is 0.0650 e. The van der Waals surface area contributed by atoms with E-state index in [9.17, 15) is 0 Å². The van der Waals surface area contributed by atoms with Gasteiger partial charge < -0.3 is 0 Å². The highest BCUT2D eigenvalue weighted by Crippen LogP contribution is 2.20. The first-order valence-corrected chi connectivity index (χ1v) is 4.92. The Hall–Kier alpha value is -2.09. The van der Waals surface area contributed by atoms with E-state index in [4.69, 9.17) is 0 Å².